The van der Waals surface area contributed by atoms with Crippen molar-refractivity contribution in [1.82, 2.24) is 0 Å². The van der Waals surface area contributed by atoms with Crippen molar-refractivity contribution in [3.05, 3.63) is 0 Å². The van der Waals surface area contributed by atoms with E-state index in [1.54, 1.807) is 0 Å². The van der Waals surface area contributed by atoms with E-state index in [1.807, 2.05) is 0 Å². The Morgan fingerprint density at radius 1 is 1.15 bits per heavy atom. The van der Waals surface area contributed by atoms with Crippen LogP contribution in [0.15, 0.2) is 0 Å². The first-order valence-electron chi connectivity index (χ1n) is 3.64. The highest BCUT2D eigenvalue weighted by Crippen LogP contribution is 2.17. The summed E-state index contributed by atoms with van der Waals surface area (Å²) in [5.74, 6) is 0. The normalized spacial score (nSPS) is 45.5. The first kappa shape index (κ1) is 13.1. The standard InChI is InChI=1S/C6H13NO5.ClH/c7-3-5(10)4(9)2(1-8)12-6(3)11;/h2-6,8-11H,1,7H2;1H/t2?,3-,4-,5-,6+;/m0./s1. The van der Waals surface area contributed by atoms with Crippen molar-refractivity contribution >= 4 is 12.4 Å². The molecule has 0 amide bonds. The highest BCUT2D eigenvalue weighted by atomic mass is 35.5. The predicted octanol–water partition coefficient (Wildman–Crippen LogP) is -2.83. The molecule has 0 spiro atoms. The fourth-order valence-corrected chi connectivity index (χ4v) is 1.12. The third-order valence-electron chi connectivity index (χ3n) is 1.95. The van der Waals surface area contributed by atoms with Crippen molar-refractivity contribution in [3.8, 4) is 0 Å². The van der Waals surface area contributed by atoms with Crippen LogP contribution < -0.4 is 5.73 Å². The number of aliphatic hydroxyl groups excluding tert-OH is 4. The molecule has 0 bridgehead atoms. The van der Waals surface area contributed by atoms with Gasteiger partial charge in [-0.15, -0.1) is 12.4 Å². The third-order valence-corrected chi connectivity index (χ3v) is 1.95. The summed E-state index contributed by atoms with van der Waals surface area (Å²) in [7, 11) is 0. The molecule has 6 nitrogen and oxygen atoms in total. The lowest BCUT2D eigenvalue weighted by Crippen LogP contribution is -2.61. The van der Waals surface area contributed by atoms with Crippen LogP contribution in [-0.4, -0.2) is 57.7 Å². The number of hydrogen-bond acceptors (Lipinski definition) is 6. The van der Waals surface area contributed by atoms with Crippen molar-refractivity contribution in [3.63, 3.8) is 0 Å². The smallest absolute Gasteiger partial charge is 0.173 e. The topological polar surface area (TPSA) is 116 Å². The van der Waals surface area contributed by atoms with Gasteiger partial charge in [0, 0.05) is 0 Å². The molecule has 1 rings (SSSR count). The van der Waals surface area contributed by atoms with E-state index >= 15 is 0 Å². The molecule has 7 heteroatoms. The Hall–Kier alpha value is 0.0500. The third kappa shape index (κ3) is 2.50. The lowest BCUT2D eigenvalue weighted by Gasteiger charge is -2.38. The number of rotatable bonds is 1. The molecule has 1 aliphatic rings. The molecule has 0 aromatic heterocycles. The van der Waals surface area contributed by atoms with Crippen molar-refractivity contribution in [1.29, 1.82) is 0 Å². The Labute approximate surface area is 81.3 Å². The van der Waals surface area contributed by atoms with E-state index in [0.717, 1.165) is 0 Å². The molecule has 6 N–H and O–H groups in total. The van der Waals surface area contributed by atoms with Gasteiger partial charge in [0.2, 0.25) is 0 Å². The van der Waals surface area contributed by atoms with Gasteiger partial charge in [0.1, 0.15) is 18.3 Å². The zero-order valence-electron chi connectivity index (χ0n) is 6.78. The van der Waals surface area contributed by atoms with Gasteiger partial charge in [0.15, 0.2) is 6.29 Å². The average molecular weight is 216 g/mol. The number of halogens is 1. The van der Waals surface area contributed by atoms with Crippen molar-refractivity contribution in [2.24, 2.45) is 5.73 Å². The quantitative estimate of drug-likeness (QED) is 0.322. The van der Waals surface area contributed by atoms with Crippen LogP contribution in [0.25, 0.3) is 0 Å². The zero-order chi connectivity index (χ0) is 9.30. The minimum Gasteiger partial charge on any atom is -0.394 e. The molecule has 1 unspecified atom stereocenters. The molecular weight excluding hydrogens is 202 g/mol. The second-order valence-electron chi connectivity index (χ2n) is 2.81. The Kier molecular flexibility index (Phi) is 5.08. The molecule has 5 atom stereocenters. The number of nitrogens with two attached hydrogens (primary N) is 1. The Morgan fingerprint density at radius 3 is 2.15 bits per heavy atom. The number of aliphatic hydroxyl groups is 4. The van der Waals surface area contributed by atoms with E-state index in [2.05, 4.69) is 0 Å². The summed E-state index contributed by atoms with van der Waals surface area (Å²) in [6.45, 7) is -0.470. The van der Waals surface area contributed by atoms with Gasteiger partial charge in [0.05, 0.1) is 12.6 Å². The van der Waals surface area contributed by atoms with Gasteiger partial charge in [-0.2, -0.15) is 0 Å². The van der Waals surface area contributed by atoms with Gasteiger partial charge in [-0.1, -0.05) is 0 Å². The molecule has 0 aromatic carbocycles. The molecule has 1 fully saturated rings. The van der Waals surface area contributed by atoms with Crippen LogP contribution in [0, 0.1) is 0 Å². The maximum absolute atomic E-state index is 9.20. The Bertz CT molecular complexity index is 155. The van der Waals surface area contributed by atoms with E-state index in [9.17, 15) is 10.2 Å². The average Bonchev–Trinajstić information content (AvgIpc) is 2.08. The van der Waals surface area contributed by atoms with Gasteiger partial charge in [-0.25, -0.2) is 0 Å². The first-order valence-corrected chi connectivity index (χ1v) is 3.64. The van der Waals surface area contributed by atoms with Gasteiger partial charge >= 0.3 is 0 Å². The van der Waals surface area contributed by atoms with Gasteiger partial charge in [0.25, 0.3) is 0 Å². The summed E-state index contributed by atoms with van der Waals surface area (Å²) in [5.41, 5.74) is 5.26. The van der Waals surface area contributed by atoms with Crippen LogP contribution >= 0.6 is 12.4 Å². The van der Waals surface area contributed by atoms with Crippen LogP contribution in [0.1, 0.15) is 0 Å². The molecular formula is C6H14ClNO5. The van der Waals surface area contributed by atoms with Crippen molar-refractivity contribution in [2.75, 3.05) is 6.61 Å². The molecule has 1 heterocycles. The highest BCUT2D eigenvalue weighted by molar-refractivity contribution is 5.85. The molecule has 0 radical (unpaired) electrons. The minimum atomic E-state index is -1.35. The fourth-order valence-electron chi connectivity index (χ4n) is 1.12. The maximum atomic E-state index is 9.20. The predicted molar refractivity (Wildman–Crippen MR) is 45.2 cm³/mol. The van der Waals surface area contributed by atoms with E-state index < -0.39 is 37.3 Å². The summed E-state index contributed by atoms with van der Waals surface area (Å²) >= 11 is 0. The molecule has 0 aromatic rings. The van der Waals surface area contributed by atoms with Crippen LogP contribution in [0.3, 0.4) is 0 Å². The maximum Gasteiger partial charge on any atom is 0.173 e. The van der Waals surface area contributed by atoms with E-state index in [4.69, 9.17) is 20.7 Å². The second-order valence-corrected chi connectivity index (χ2v) is 2.81. The lowest BCUT2D eigenvalue weighted by atomic mass is 9.98. The lowest BCUT2D eigenvalue weighted by molar-refractivity contribution is -0.248. The monoisotopic (exact) mass is 215 g/mol. The van der Waals surface area contributed by atoms with Crippen LogP contribution in [0.4, 0.5) is 0 Å². The van der Waals surface area contributed by atoms with Gasteiger partial charge in [-0.3, -0.25) is 0 Å². The molecule has 1 aliphatic heterocycles. The number of ether oxygens (including phenoxy) is 1. The molecule has 80 valence electrons. The second kappa shape index (κ2) is 5.06. The molecule has 1 saturated heterocycles. The van der Waals surface area contributed by atoms with Crippen LogP contribution in [0.2, 0.25) is 0 Å². The summed E-state index contributed by atoms with van der Waals surface area (Å²) in [6.07, 6.45) is -4.85. The van der Waals surface area contributed by atoms with Crippen molar-refractivity contribution in [2.45, 2.75) is 30.6 Å². The largest absolute Gasteiger partial charge is 0.394 e. The van der Waals surface area contributed by atoms with Crippen molar-refractivity contribution < 1.29 is 25.2 Å². The van der Waals surface area contributed by atoms with Crippen LogP contribution in [0.5, 0.6) is 0 Å². The summed E-state index contributed by atoms with van der Waals surface area (Å²) in [6, 6.07) is -1.04. The minimum absolute atomic E-state index is 0. The van der Waals surface area contributed by atoms with E-state index in [1.165, 1.54) is 0 Å². The SMILES string of the molecule is Cl.N[C@H]1[C@H](O)[C@@H](O)C(CO)O[C@H]1O. The van der Waals surface area contributed by atoms with E-state index in [0.29, 0.717) is 0 Å². The molecule has 13 heavy (non-hydrogen) atoms. The molecule has 0 aliphatic carbocycles. The zero-order valence-corrected chi connectivity index (χ0v) is 7.59. The summed E-state index contributed by atoms with van der Waals surface area (Å²) in [4.78, 5) is 0. The summed E-state index contributed by atoms with van der Waals surface area (Å²) in [5, 5.41) is 36.1. The van der Waals surface area contributed by atoms with Crippen LogP contribution in [-0.2, 0) is 4.74 Å². The Balaban J connectivity index is 0.00000144. The van der Waals surface area contributed by atoms with Gasteiger partial charge in [-0.05, 0) is 0 Å². The van der Waals surface area contributed by atoms with E-state index in [-0.39, 0.29) is 12.4 Å². The highest BCUT2D eigenvalue weighted by Gasteiger charge is 2.41. The fraction of sp³-hybridized carbons (Fsp3) is 1.00. The summed E-state index contributed by atoms with van der Waals surface area (Å²) < 4.78 is 4.70. The van der Waals surface area contributed by atoms with Gasteiger partial charge < -0.3 is 30.9 Å². The number of hydrogen-bond donors (Lipinski definition) is 5. The first-order chi connectivity index (χ1) is 5.57. The Morgan fingerprint density at radius 2 is 1.69 bits per heavy atom. The molecule has 0 saturated carbocycles.